The van der Waals surface area contributed by atoms with Crippen molar-refractivity contribution < 1.29 is 0 Å². The number of benzene rings is 1. The van der Waals surface area contributed by atoms with Crippen LogP contribution < -0.4 is 5.32 Å². The van der Waals surface area contributed by atoms with Gasteiger partial charge in [0.15, 0.2) is 0 Å². The molecule has 2 fully saturated rings. The van der Waals surface area contributed by atoms with Crippen LogP contribution in [0.15, 0.2) is 30.3 Å². The lowest BCUT2D eigenvalue weighted by molar-refractivity contribution is 0.231. The molecule has 2 atom stereocenters. The van der Waals surface area contributed by atoms with Crippen LogP contribution in [0.3, 0.4) is 0 Å². The quantitative estimate of drug-likeness (QED) is 0.843. The van der Waals surface area contributed by atoms with E-state index in [0.717, 1.165) is 12.5 Å². The van der Waals surface area contributed by atoms with Gasteiger partial charge in [-0.3, -0.25) is 4.90 Å². The summed E-state index contributed by atoms with van der Waals surface area (Å²) in [6.45, 7) is 5.98. The summed E-state index contributed by atoms with van der Waals surface area (Å²) in [7, 11) is 0. The Balaban J connectivity index is 1.65. The van der Waals surface area contributed by atoms with Gasteiger partial charge in [0.2, 0.25) is 0 Å². The summed E-state index contributed by atoms with van der Waals surface area (Å²) in [6, 6.07) is 12.3. The number of nitrogens with zero attached hydrogens (tertiary/aromatic N) is 1. The van der Waals surface area contributed by atoms with Crippen LogP contribution in [0.4, 0.5) is 0 Å². The van der Waals surface area contributed by atoms with Gasteiger partial charge < -0.3 is 5.32 Å². The Kier molecular flexibility index (Phi) is 4.19. The summed E-state index contributed by atoms with van der Waals surface area (Å²) in [5.41, 5.74) is 1.47. The summed E-state index contributed by atoms with van der Waals surface area (Å²) in [6.07, 6.45) is 5.57. The third kappa shape index (κ3) is 3.37. The highest BCUT2D eigenvalue weighted by Gasteiger charge is 2.29. The molecule has 1 aromatic carbocycles. The lowest BCUT2D eigenvalue weighted by Crippen LogP contribution is -2.38. The van der Waals surface area contributed by atoms with Crippen molar-refractivity contribution in [1.82, 2.24) is 10.2 Å². The van der Waals surface area contributed by atoms with E-state index in [0.29, 0.717) is 12.1 Å². The Morgan fingerprint density at radius 3 is 2.47 bits per heavy atom. The van der Waals surface area contributed by atoms with Crippen molar-refractivity contribution in [3.8, 4) is 0 Å². The molecule has 104 valence electrons. The highest BCUT2D eigenvalue weighted by Crippen LogP contribution is 2.33. The second kappa shape index (κ2) is 6.06. The molecule has 1 aliphatic carbocycles. The molecule has 3 rings (SSSR count). The molecule has 1 N–H and O–H groups in total. The predicted octanol–water partition coefficient (Wildman–Crippen LogP) is 3.21. The average molecular weight is 258 g/mol. The summed E-state index contributed by atoms with van der Waals surface area (Å²) in [5, 5.41) is 3.78. The first-order chi connectivity index (χ1) is 9.34. The minimum Gasteiger partial charge on any atom is -0.312 e. The molecule has 2 unspecified atom stereocenters. The fourth-order valence-corrected chi connectivity index (χ4v) is 3.25. The Morgan fingerprint density at radius 1 is 1.16 bits per heavy atom. The molecule has 0 radical (unpaired) electrons. The number of hydrogen-bond donors (Lipinski definition) is 1. The third-order valence-electron chi connectivity index (χ3n) is 4.73. The number of rotatable bonds is 6. The fourth-order valence-electron chi connectivity index (χ4n) is 3.25. The fraction of sp³-hybridized carbons (Fsp3) is 0.647. The van der Waals surface area contributed by atoms with Crippen LogP contribution in [-0.4, -0.2) is 30.6 Å². The standard InChI is InChI=1S/C17H26N2/c1-14(15-9-10-15)18-13-17(19-11-5-6-12-19)16-7-3-2-4-8-16/h2-4,7-8,14-15,17-18H,5-6,9-13H2,1H3. The first kappa shape index (κ1) is 13.1. The third-order valence-corrected chi connectivity index (χ3v) is 4.73. The first-order valence-corrected chi connectivity index (χ1v) is 7.87. The van der Waals surface area contributed by atoms with Gasteiger partial charge in [-0.1, -0.05) is 30.3 Å². The summed E-state index contributed by atoms with van der Waals surface area (Å²) < 4.78 is 0. The van der Waals surface area contributed by atoms with E-state index in [1.54, 1.807) is 0 Å². The van der Waals surface area contributed by atoms with E-state index < -0.39 is 0 Å². The number of hydrogen-bond acceptors (Lipinski definition) is 2. The van der Waals surface area contributed by atoms with Gasteiger partial charge in [-0.2, -0.15) is 0 Å². The largest absolute Gasteiger partial charge is 0.312 e. The van der Waals surface area contributed by atoms with Gasteiger partial charge in [-0.15, -0.1) is 0 Å². The maximum Gasteiger partial charge on any atom is 0.0472 e. The van der Waals surface area contributed by atoms with Crippen LogP contribution >= 0.6 is 0 Å². The summed E-state index contributed by atoms with van der Waals surface area (Å²) in [5.74, 6) is 0.940. The van der Waals surface area contributed by atoms with Gasteiger partial charge in [0.1, 0.15) is 0 Å². The molecule has 1 saturated carbocycles. The van der Waals surface area contributed by atoms with E-state index in [-0.39, 0.29) is 0 Å². The Labute approximate surface area is 117 Å². The maximum atomic E-state index is 3.78. The second-order valence-corrected chi connectivity index (χ2v) is 6.20. The molecule has 1 aliphatic heterocycles. The van der Waals surface area contributed by atoms with E-state index in [2.05, 4.69) is 47.5 Å². The lowest BCUT2D eigenvalue weighted by atomic mass is 10.0. The predicted molar refractivity (Wildman–Crippen MR) is 80.2 cm³/mol. The Morgan fingerprint density at radius 2 is 1.84 bits per heavy atom. The minimum absolute atomic E-state index is 0.560. The zero-order chi connectivity index (χ0) is 13.1. The van der Waals surface area contributed by atoms with Gasteiger partial charge >= 0.3 is 0 Å². The highest BCUT2D eigenvalue weighted by molar-refractivity contribution is 5.19. The smallest absolute Gasteiger partial charge is 0.0472 e. The average Bonchev–Trinajstić information content (AvgIpc) is 3.17. The first-order valence-electron chi connectivity index (χ1n) is 7.87. The molecule has 0 aromatic heterocycles. The van der Waals surface area contributed by atoms with E-state index in [1.165, 1.54) is 44.3 Å². The molecule has 2 heteroatoms. The van der Waals surface area contributed by atoms with Crippen LogP contribution in [0.5, 0.6) is 0 Å². The number of nitrogens with one attached hydrogen (secondary N) is 1. The van der Waals surface area contributed by atoms with Crippen molar-refractivity contribution in [3.63, 3.8) is 0 Å². The second-order valence-electron chi connectivity index (χ2n) is 6.20. The molecule has 2 aliphatic rings. The van der Waals surface area contributed by atoms with Crippen molar-refractivity contribution in [3.05, 3.63) is 35.9 Å². The van der Waals surface area contributed by atoms with Crippen LogP contribution in [0.2, 0.25) is 0 Å². The van der Waals surface area contributed by atoms with Crippen molar-refractivity contribution >= 4 is 0 Å². The van der Waals surface area contributed by atoms with Gasteiger partial charge in [0.25, 0.3) is 0 Å². The van der Waals surface area contributed by atoms with Gasteiger partial charge in [-0.05, 0) is 57.2 Å². The monoisotopic (exact) mass is 258 g/mol. The molecule has 0 bridgehead atoms. The van der Waals surface area contributed by atoms with Crippen LogP contribution in [0, 0.1) is 5.92 Å². The van der Waals surface area contributed by atoms with Gasteiger partial charge in [-0.25, -0.2) is 0 Å². The van der Waals surface area contributed by atoms with E-state index in [4.69, 9.17) is 0 Å². The number of likely N-dealkylation sites (tertiary alicyclic amines) is 1. The molecule has 1 aromatic rings. The Bertz CT molecular complexity index is 380. The van der Waals surface area contributed by atoms with Gasteiger partial charge in [0.05, 0.1) is 0 Å². The van der Waals surface area contributed by atoms with Gasteiger partial charge in [0, 0.05) is 18.6 Å². The molecule has 0 amide bonds. The minimum atomic E-state index is 0.560. The molecule has 0 spiro atoms. The molecule has 19 heavy (non-hydrogen) atoms. The summed E-state index contributed by atoms with van der Waals surface area (Å²) >= 11 is 0. The van der Waals surface area contributed by atoms with Crippen molar-refractivity contribution in [2.75, 3.05) is 19.6 Å². The summed E-state index contributed by atoms with van der Waals surface area (Å²) in [4.78, 5) is 2.65. The van der Waals surface area contributed by atoms with Crippen LogP contribution in [0.1, 0.15) is 44.2 Å². The SMILES string of the molecule is CC(NCC(c1ccccc1)N1CCCC1)C1CC1. The van der Waals surface area contributed by atoms with E-state index in [9.17, 15) is 0 Å². The van der Waals surface area contributed by atoms with Crippen molar-refractivity contribution in [1.29, 1.82) is 0 Å². The van der Waals surface area contributed by atoms with E-state index >= 15 is 0 Å². The highest BCUT2D eigenvalue weighted by atomic mass is 15.2. The topological polar surface area (TPSA) is 15.3 Å². The van der Waals surface area contributed by atoms with Crippen LogP contribution in [-0.2, 0) is 0 Å². The van der Waals surface area contributed by atoms with Crippen LogP contribution in [0.25, 0.3) is 0 Å². The maximum absolute atomic E-state index is 3.78. The molecular formula is C17H26N2. The molecule has 2 nitrogen and oxygen atoms in total. The zero-order valence-corrected chi connectivity index (χ0v) is 12.0. The normalized spacial score (nSPS) is 23.4. The zero-order valence-electron chi connectivity index (χ0n) is 12.0. The molecule has 1 saturated heterocycles. The van der Waals surface area contributed by atoms with E-state index in [1.807, 2.05) is 0 Å². The lowest BCUT2D eigenvalue weighted by Gasteiger charge is -2.29. The molecule has 1 heterocycles. The Hall–Kier alpha value is -0.860. The van der Waals surface area contributed by atoms with Crippen molar-refractivity contribution in [2.45, 2.75) is 44.7 Å². The molecular weight excluding hydrogens is 232 g/mol. The van der Waals surface area contributed by atoms with Crippen molar-refractivity contribution in [2.24, 2.45) is 5.92 Å².